The van der Waals surface area contributed by atoms with Crippen molar-refractivity contribution in [3.63, 3.8) is 0 Å². The number of carbonyl (C=O) groups is 2. The van der Waals surface area contributed by atoms with Gasteiger partial charge in [0.15, 0.2) is 0 Å². The summed E-state index contributed by atoms with van der Waals surface area (Å²) in [7, 11) is 0. The highest BCUT2D eigenvalue weighted by atomic mass is 32.2. The zero-order valence-corrected chi connectivity index (χ0v) is 21.6. The first-order chi connectivity index (χ1) is 16.9. The van der Waals surface area contributed by atoms with Gasteiger partial charge in [-0.2, -0.15) is 0 Å². The third-order valence-corrected chi connectivity index (χ3v) is 7.67. The number of aliphatic hydroxyl groups excluding tert-OH is 1. The lowest BCUT2D eigenvalue weighted by Crippen LogP contribution is -2.17. The first-order valence-electron chi connectivity index (χ1n) is 12.8. The Kier molecular flexibility index (Phi) is 13.5. The first-order valence-corrected chi connectivity index (χ1v) is 13.9. The quantitative estimate of drug-likeness (QED) is 0.186. The summed E-state index contributed by atoms with van der Waals surface area (Å²) in [6, 6.07) is 15.3. The van der Waals surface area contributed by atoms with Crippen molar-refractivity contribution in [2.45, 2.75) is 94.7 Å². The lowest BCUT2D eigenvalue weighted by atomic mass is 9.99. The molecular weight excluding hydrogens is 460 g/mol. The van der Waals surface area contributed by atoms with E-state index in [1.165, 1.54) is 50.5 Å². The Bertz CT molecular complexity index is 896. The Morgan fingerprint density at radius 2 is 1.54 bits per heavy atom. The highest BCUT2D eigenvalue weighted by Crippen LogP contribution is 2.37. The van der Waals surface area contributed by atoms with Crippen LogP contribution in [0.1, 0.15) is 103 Å². The van der Waals surface area contributed by atoms with Gasteiger partial charge in [-0.15, -0.1) is 11.8 Å². The van der Waals surface area contributed by atoms with E-state index in [0.717, 1.165) is 17.5 Å². The monoisotopic (exact) mass is 500 g/mol. The maximum absolute atomic E-state index is 11.3. The number of carboxylic acids is 2. The van der Waals surface area contributed by atoms with Crippen molar-refractivity contribution >= 4 is 23.7 Å². The molecule has 0 heterocycles. The zero-order valence-electron chi connectivity index (χ0n) is 20.8. The topological polar surface area (TPSA) is 94.8 Å². The van der Waals surface area contributed by atoms with Crippen molar-refractivity contribution in [3.05, 3.63) is 70.8 Å². The van der Waals surface area contributed by atoms with Gasteiger partial charge >= 0.3 is 11.9 Å². The van der Waals surface area contributed by atoms with E-state index in [1.54, 1.807) is 30.0 Å². The summed E-state index contributed by atoms with van der Waals surface area (Å²) in [6.07, 6.45) is 10.2. The highest BCUT2D eigenvalue weighted by molar-refractivity contribution is 7.98. The summed E-state index contributed by atoms with van der Waals surface area (Å²) in [5, 5.41) is 28.9. The van der Waals surface area contributed by atoms with Crippen molar-refractivity contribution in [3.8, 4) is 0 Å². The fraction of sp³-hybridized carbons (Fsp3) is 0.517. The molecule has 0 saturated carbocycles. The molecule has 0 saturated heterocycles. The number of aryl methyl sites for hydroxylation is 1. The van der Waals surface area contributed by atoms with Crippen molar-refractivity contribution < 1.29 is 24.9 Å². The molecule has 0 amide bonds. The number of benzene rings is 2. The predicted molar refractivity (Wildman–Crippen MR) is 143 cm³/mol. The predicted octanol–water partition coefficient (Wildman–Crippen LogP) is 7.27. The van der Waals surface area contributed by atoms with Gasteiger partial charge in [0.25, 0.3) is 0 Å². The van der Waals surface area contributed by atoms with E-state index < -0.39 is 18.0 Å². The molecule has 0 aliphatic rings. The van der Waals surface area contributed by atoms with Gasteiger partial charge in [0, 0.05) is 12.2 Å². The maximum atomic E-state index is 11.3. The average molecular weight is 501 g/mol. The second kappa shape index (κ2) is 16.4. The largest absolute Gasteiger partial charge is 0.481 e. The minimum Gasteiger partial charge on any atom is -0.481 e. The van der Waals surface area contributed by atoms with E-state index in [9.17, 15) is 19.8 Å². The summed E-state index contributed by atoms with van der Waals surface area (Å²) in [6.45, 7) is 2.23. The molecule has 192 valence electrons. The number of unbranched alkanes of at least 4 members (excludes halogenated alkanes) is 6. The molecule has 0 spiro atoms. The van der Waals surface area contributed by atoms with Crippen LogP contribution in [0.25, 0.3) is 0 Å². The molecule has 0 aliphatic carbocycles. The second-order valence-electron chi connectivity index (χ2n) is 9.20. The van der Waals surface area contributed by atoms with E-state index >= 15 is 0 Å². The molecule has 2 aromatic carbocycles. The molecule has 0 radical (unpaired) electrons. The molecule has 2 aromatic rings. The van der Waals surface area contributed by atoms with Gasteiger partial charge in [0.1, 0.15) is 0 Å². The summed E-state index contributed by atoms with van der Waals surface area (Å²) in [4.78, 5) is 22.2. The fourth-order valence-corrected chi connectivity index (χ4v) is 5.44. The van der Waals surface area contributed by atoms with Crippen molar-refractivity contribution in [2.75, 3.05) is 0 Å². The van der Waals surface area contributed by atoms with Gasteiger partial charge in [-0.3, -0.25) is 4.79 Å². The van der Waals surface area contributed by atoms with Crippen LogP contribution in [0.5, 0.6) is 0 Å². The van der Waals surface area contributed by atoms with Gasteiger partial charge in [-0.25, -0.2) is 4.79 Å². The Morgan fingerprint density at radius 1 is 0.857 bits per heavy atom. The minimum absolute atomic E-state index is 0.0342. The lowest BCUT2D eigenvalue weighted by molar-refractivity contribution is -0.137. The zero-order chi connectivity index (χ0) is 25.5. The molecule has 3 N–H and O–H groups in total. The molecule has 6 heteroatoms. The molecule has 35 heavy (non-hydrogen) atoms. The van der Waals surface area contributed by atoms with E-state index in [1.807, 2.05) is 6.07 Å². The average Bonchev–Trinajstić information content (AvgIpc) is 2.84. The van der Waals surface area contributed by atoms with E-state index in [2.05, 4.69) is 31.2 Å². The van der Waals surface area contributed by atoms with Crippen LogP contribution < -0.4 is 0 Å². The normalized spacial score (nSPS) is 12.9. The second-order valence-corrected chi connectivity index (χ2v) is 10.3. The standard InChI is InChI=1S/C29H40O5S/c1-2-3-4-5-6-7-8-11-22-16-18-24(19-17-22)28(26(30)14-10-15-27(31)32)35-21-23-12-9-13-25(20-23)29(33)34/h9,12-13,16-20,26,28,30H,2-8,10-11,14-15,21H2,1H3,(H,31,32)(H,33,34). The van der Waals surface area contributed by atoms with Crippen LogP contribution in [0.2, 0.25) is 0 Å². The van der Waals surface area contributed by atoms with Crippen LogP contribution in [0.4, 0.5) is 0 Å². The molecular formula is C29H40O5S. The molecule has 2 rings (SSSR count). The molecule has 5 nitrogen and oxygen atoms in total. The number of aromatic carboxylic acids is 1. The third kappa shape index (κ3) is 11.3. The SMILES string of the molecule is CCCCCCCCCc1ccc(C(SCc2cccc(C(=O)O)c2)C(O)CCCC(=O)O)cc1. The highest BCUT2D eigenvalue weighted by Gasteiger charge is 2.22. The van der Waals surface area contributed by atoms with Crippen molar-refractivity contribution in [1.29, 1.82) is 0 Å². The summed E-state index contributed by atoms with van der Waals surface area (Å²) in [5.74, 6) is -1.26. The van der Waals surface area contributed by atoms with E-state index in [-0.39, 0.29) is 17.2 Å². The van der Waals surface area contributed by atoms with Crippen LogP contribution in [0.15, 0.2) is 48.5 Å². The van der Waals surface area contributed by atoms with Crippen molar-refractivity contribution in [2.24, 2.45) is 0 Å². The lowest BCUT2D eigenvalue weighted by Gasteiger charge is -2.23. The summed E-state index contributed by atoms with van der Waals surface area (Å²) in [5.41, 5.74) is 3.43. The maximum Gasteiger partial charge on any atom is 0.335 e. The van der Waals surface area contributed by atoms with Gasteiger partial charge < -0.3 is 15.3 Å². The number of aliphatic hydroxyl groups is 1. The van der Waals surface area contributed by atoms with E-state index in [4.69, 9.17) is 5.11 Å². The van der Waals surface area contributed by atoms with Crippen LogP contribution in [0, 0.1) is 0 Å². The van der Waals surface area contributed by atoms with Crippen LogP contribution in [0.3, 0.4) is 0 Å². The van der Waals surface area contributed by atoms with Gasteiger partial charge in [-0.05, 0) is 54.5 Å². The Balaban J connectivity index is 1.99. The summed E-state index contributed by atoms with van der Waals surface area (Å²) >= 11 is 1.56. The smallest absolute Gasteiger partial charge is 0.335 e. The minimum atomic E-state index is -0.960. The summed E-state index contributed by atoms with van der Waals surface area (Å²) < 4.78 is 0. The number of aliphatic carboxylic acids is 1. The number of carboxylic acid groups (broad SMARTS) is 2. The van der Waals surface area contributed by atoms with Crippen LogP contribution >= 0.6 is 11.8 Å². The first kappa shape index (κ1) is 28.9. The molecule has 0 aromatic heterocycles. The molecule has 2 unspecified atom stereocenters. The van der Waals surface area contributed by atoms with Gasteiger partial charge in [-0.1, -0.05) is 81.8 Å². The van der Waals surface area contributed by atoms with Crippen molar-refractivity contribution in [1.82, 2.24) is 0 Å². The van der Waals surface area contributed by atoms with Gasteiger partial charge in [0.2, 0.25) is 0 Å². The number of hydrogen-bond donors (Lipinski definition) is 3. The molecule has 0 aliphatic heterocycles. The van der Waals surface area contributed by atoms with E-state index in [0.29, 0.717) is 18.6 Å². The number of rotatable bonds is 18. The molecule has 0 bridgehead atoms. The van der Waals surface area contributed by atoms with Crippen LogP contribution in [-0.2, 0) is 17.0 Å². The Hall–Kier alpha value is -2.31. The van der Waals surface area contributed by atoms with Gasteiger partial charge in [0.05, 0.1) is 16.9 Å². The molecule has 0 fully saturated rings. The third-order valence-electron chi connectivity index (χ3n) is 6.22. The Labute approximate surface area is 214 Å². The number of thioether (sulfide) groups is 1. The van der Waals surface area contributed by atoms with Crippen LogP contribution in [-0.4, -0.2) is 33.4 Å². The Morgan fingerprint density at radius 3 is 2.20 bits per heavy atom. The fourth-order valence-electron chi connectivity index (χ4n) is 4.18. The molecule has 2 atom stereocenters. The number of hydrogen-bond acceptors (Lipinski definition) is 4.